The zero-order valence-corrected chi connectivity index (χ0v) is 22.4. The van der Waals surface area contributed by atoms with Gasteiger partial charge in [-0.15, -0.1) is 0 Å². The minimum atomic E-state index is -0.291. The minimum absolute atomic E-state index is 0.0175. The molecule has 0 heterocycles. The normalized spacial score (nSPS) is 12.1. The highest BCUT2D eigenvalue weighted by Gasteiger charge is 2.27. The summed E-state index contributed by atoms with van der Waals surface area (Å²) in [4.78, 5) is 12.9. The SMILES string of the molecule is CCCCNC(=O)c1cc(Oc2ccc(C(C)(C)CC)cc2C(C)(C)CC)c2ccccc2c1O. The van der Waals surface area contributed by atoms with Crippen LogP contribution in [0.4, 0.5) is 0 Å². The summed E-state index contributed by atoms with van der Waals surface area (Å²) in [7, 11) is 0. The first kappa shape index (κ1) is 26.6. The lowest BCUT2D eigenvalue weighted by molar-refractivity contribution is 0.0950. The lowest BCUT2D eigenvalue weighted by Gasteiger charge is -2.30. The fourth-order valence-electron chi connectivity index (χ4n) is 4.14. The van der Waals surface area contributed by atoms with Gasteiger partial charge in [-0.05, 0) is 47.8 Å². The van der Waals surface area contributed by atoms with Crippen molar-refractivity contribution in [2.45, 2.75) is 85.0 Å². The number of ether oxygens (including phenoxy) is 1. The molecule has 0 aromatic heterocycles. The number of benzene rings is 3. The molecule has 4 nitrogen and oxygen atoms in total. The third-order valence-corrected chi connectivity index (χ3v) is 7.52. The number of carbonyl (C=O) groups is 1. The first-order valence-electron chi connectivity index (χ1n) is 12.9. The van der Waals surface area contributed by atoms with Gasteiger partial charge in [0.1, 0.15) is 17.2 Å². The van der Waals surface area contributed by atoms with Crippen LogP contribution in [0, 0.1) is 0 Å². The van der Waals surface area contributed by atoms with E-state index in [1.165, 1.54) is 5.56 Å². The summed E-state index contributed by atoms with van der Waals surface area (Å²) in [5, 5.41) is 15.2. The summed E-state index contributed by atoms with van der Waals surface area (Å²) < 4.78 is 6.59. The van der Waals surface area contributed by atoms with Crippen LogP contribution in [0.3, 0.4) is 0 Å². The van der Waals surface area contributed by atoms with E-state index < -0.39 is 0 Å². The fourth-order valence-corrected chi connectivity index (χ4v) is 4.14. The lowest BCUT2D eigenvalue weighted by atomic mass is 9.76. The van der Waals surface area contributed by atoms with Gasteiger partial charge in [-0.25, -0.2) is 0 Å². The van der Waals surface area contributed by atoms with Gasteiger partial charge in [-0.2, -0.15) is 0 Å². The van der Waals surface area contributed by atoms with Crippen LogP contribution in [0.15, 0.2) is 48.5 Å². The van der Waals surface area contributed by atoms with Crippen molar-refractivity contribution in [3.05, 3.63) is 65.2 Å². The van der Waals surface area contributed by atoms with Gasteiger partial charge in [0, 0.05) is 22.9 Å². The molecule has 3 rings (SSSR count). The molecule has 35 heavy (non-hydrogen) atoms. The van der Waals surface area contributed by atoms with E-state index in [2.05, 4.69) is 72.0 Å². The van der Waals surface area contributed by atoms with Gasteiger partial charge in [0.05, 0.1) is 5.56 Å². The Hall–Kier alpha value is -3.01. The molecule has 3 aromatic rings. The van der Waals surface area contributed by atoms with Gasteiger partial charge in [0.25, 0.3) is 5.91 Å². The zero-order chi connectivity index (χ0) is 25.8. The number of amides is 1. The molecular weight excluding hydrogens is 434 g/mol. The highest BCUT2D eigenvalue weighted by molar-refractivity contribution is 6.05. The van der Waals surface area contributed by atoms with E-state index in [4.69, 9.17) is 4.74 Å². The van der Waals surface area contributed by atoms with Gasteiger partial charge in [0.15, 0.2) is 0 Å². The lowest BCUT2D eigenvalue weighted by Crippen LogP contribution is -2.24. The summed E-state index contributed by atoms with van der Waals surface area (Å²) in [5.41, 5.74) is 2.63. The number of phenols is 1. The average Bonchev–Trinajstić information content (AvgIpc) is 2.85. The molecule has 0 fully saturated rings. The number of unbranched alkanes of at least 4 members (excludes halogenated alkanes) is 1. The number of hydrogen-bond acceptors (Lipinski definition) is 3. The first-order chi connectivity index (χ1) is 16.6. The Balaban J connectivity index is 2.15. The van der Waals surface area contributed by atoms with Crippen LogP contribution >= 0.6 is 0 Å². The molecule has 0 saturated heterocycles. The molecule has 0 atom stereocenters. The summed E-state index contributed by atoms with van der Waals surface area (Å²) in [6.07, 6.45) is 3.87. The number of phenolic OH excluding ortho intramolecular Hbond substituents is 1. The van der Waals surface area contributed by atoms with Gasteiger partial charge in [0.2, 0.25) is 0 Å². The maximum Gasteiger partial charge on any atom is 0.255 e. The van der Waals surface area contributed by atoms with Crippen LogP contribution in [-0.4, -0.2) is 17.6 Å². The van der Waals surface area contributed by atoms with E-state index in [1.54, 1.807) is 6.07 Å². The Morgan fingerprint density at radius 1 is 0.886 bits per heavy atom. The van der Waals surface area contributed by atoms with E-state index in [1.807, 2.05) is 24.3 Å². The van der Waals surface area contributed by atoms with Crippen LogP contribution in [0.25, 0.3) is 10.8 Å². The Morgan fingerprint density at radius 2 is 1.54 bits per heavy atom. The van der Waals surface area contributed by atoms with Crippen molar-refractivity contribution in [1.82, 2.24) is 5.32 Å². The second-order valence-corrected chi connectivity index (χ2v) is 10.7. The van der Waals surface area contributed by atoms with Crippen molar-refractivity contribution in [3.63, 3.8) is 0 Å². The Bertz CT molecular complexity index is 1190. The Labute approximate surface area is 210 Å². The van der Waals surface area contributed by atoms with Crippen molar-refractivity contribution in [3.8, 4) is 17.2 Å². The summed E-state index contributed by atoms with van der Waals surface area (Å²) in [6.45, 7) is 16.1. The summed E-state index contributed by atoms with van der Waals surface area (Å²) >= 11 is 0. The molecule has 0 radical (unpaired) electrons. The van der Waals surface area contributed by atoms with Crippen molar-refractivity contribution >= 4 is 16.7 Å². The fraction of sp³-hybridized carbons (Fsp3) is 0.452. The topological polar surface area (TPSA) is 58.6 Å². The Morgan fingerprint density at radius 3 is 2.17 bits per heavy atom. The number of hydrogen-bond donors (Lipinski definition) is 2. The third kappa shape index (κ3) is 5.63. The predicted molar refractivity (Wildman–Crippen MR) is 146 cm³/mol. The molecule has 0 aliphatic carbocycles. The van der Waals surface area contributed by atoms with Crippen molar-refractivity contribution in [2.24, 2.45) is 0 Å². The van der Waals surface area contributed by atoms with Gasteiger partial charge in [-0.1, -0.05) is 91.3 Å². The number of rotatable bonds is 10. The Kier molecular flexibility index (Phi) is 8.15. The van der Waals surface area contributed by atoms with Gasteiger partial charge < -0.3 is 15.2 Å². The summed E-state index contributed by atoms with van der Waals surface area (Å²) in [6, 6.07) is 15.7. The molecule has 3 aromatic carbocycles. The monoisotopic (exact) mass is 475 g/mol. The largest absolute Gasteiger partial charge is 0.506 e. The van der Waals surface area contributed by atoms with Crippen molar-refractivity contribution in [2.75, 3.05) is 6.54 Å². The van der Waals surface area contributed by atoms with E-state index in [9.17, 15) is 9.90 Å². The van der Waals surface area contributed by atoms with Crippen LogP contribution in [0.5, 0.6) is 17.2 Å². The molecule has 0 saturated carbocycles. The molecule has 4 heteroatoms. The third-order valence-electron chi connectivity index (χ3n) is 7.52. The van der Waals surface area contributed by atoms with E-state index in [-0.39, 0.29) is 28.1 Å². The number of nitrogens with one attached hydrogen (secondary N) is 1. The standard InChI is InChI=1S/C31H41NO3/c1-8-11-18-32-29(34)24-20-27(22-14-12-13-15-23(22)28(24)33)35-26-17-16-21(30(4,5)9-2)19-25(26)31(6,7)10-3/h12-17,19-20,33H,8-11,18H2,1-7H3,(H,32,34). The van der Waals surface area contributed by atoms with Crippen LogP contribution in [-0.2, 0) is 10.8 Å². The maximum absolute atomic E-state index is 12.9. The van der Waals surface area contributed by atoms with Crippen molar-refractivity contribution < 1.29 is 14.6 Å². The molecule has 0 bridgehead atoms. The van der Waals surface area contributed by atoms with Crippen LogP contribution in [0.2, 0.25) is 0 Å². The molecular formula is C31H41NO3. The molecule has 0 spiro atoms. The minimum Gasteiger partial charge on any atom is -0.506 e. The maximum atomic E-state index is 12.9. The molecule has 1 amide bonds. The molecule has 188 valence electrons. The van der Waals surface area contributed by atoms with Crippen LogP contribution < -0.4 is 10.1 Å². The number of carbonyl (C=O) groups excluding carboxylic acids is 1. The smallest absolute Gasteiger partial charge is 0.255 e. The van der Waals surface area contributed by atoms with Crippen LogP contribution in [0.1, 0.15) is 95.6 Å². The van der Waals surface area contributed by atoms with Gasteiger partial charge >= 0.3 is 0 Å². The van der Waals surface area contributed by atoms with E-state index in [0.717, 1.165) is 42.4 Å². The predicted octanol–water partition coefficient (Wildman–Crippen LogP) is 8.24. The van der Waals surface area contributed by atoms with Crippen molar-refractivity contribution in [1.29, 1.82) is 0 Å². The number of aromatic hydroxyl groups is 1. The summed E-state index contributed by atoms with van der Waals surface area (Å²) in [5.74, 6) is 1.03. The molecule has 0 aliphatic rings. The van der Waals surface area contributed by atoms with E-state index in [0.29, 0.717) is 17.7 Å². The second kappa shape index (κ2) is 10.7. The quantitative estimate of drug-likeness (QED) is 0.290. The zero-order valence-electron chi connectivity index (χ0n) is 22.4. The second-order valence-electron chi connectivity index (χ2n) is 10.7. The average molecular weight is 476 g/mol. The van der Waals surface area contributed by atoms with E-state index >= 15 is 0 Å². The highest BCUT2D eigenvalue weighted by atomic mass is 16.5. The highest BCUT2D eigenvalue weighted by Crippen LogP contribution is 2.43. The first-order valence-corrected chi connectivity index (χ1v) is 12.9. The molecule has 2 N–H and O–H groups in total. The number of fused-ring (bicyclic) bond motifs is 1. The molecule has 0 aliphatic heterocycles. The molecule has 0 unspecified atom stereocenters. The van der Waals surface area contributed by atoms with Gasteiger partial charge in [-0.3, -0.25) is 4.79 Å².